The van der Waals surface area contributed by atoms with E-state index in [2.05, 4.69) is 4.72 Å². The molecular weight excluding hydrogens is 260 g/mol. The van der Waals surface area contributed by atoms with Crippen molar-refractivity contribution in [2.45, 2.75) is 24.5 Å². The third-order valence-corrected chi connectivity index (χ3v) is 4.62. The molecule has 1 aliphatic carbocycles. The van der Waals surface area contributed by atoms with E-state index in [1.54, 1.807) is 0 Å². The van der Waals surface area contributed by atoms with Gasteiger partial charge in [-0.15, -0.1) is 12.4 Å². The van der Waals surface area contributed by atoms with Crippen molar-refractivity contribution in [1.82, 2.24) is 4.72 Å². The second-order valence-corrected chi connectivity index (χ2v) is 6.18. The maximum absolute atomic E-state index is 11.5. The van der Waals surface area contributed by atoms with Gasteiger partial charge in [0.05, 0.1) is 5.25 Å². The van der Waals surface area contributed by atoms with Gasteiger partial charge in [-0.25, -0.2) is 13.1 Å². The Labute approximate surface area is 108 Å². The van der Waals surface area contributed by atoms with Crippen LogP contribution in [0.25, 0.3) is 0 Å². The number of benzene rings is 1. The summed E-state index contributed by atoms with van der Waals surface area (Å²) in [4.78, 5) is 0. The zero-order valence-corrected chi connectivity index (χ0v) is 11.1. The highest BCUT2D eigenvalue weighted by Gasteiger charge is 2.35. The smallest absolute Gasteiger partial charge is 0.214 e. The summed E-state index contributed by atoms with van der Waals surface area (Å²) in [6.45, 7) is 0.461. The van der Waals surface area contributed by atoms with Crippen LogP contribution in [0.4, 0.5) is 5.69 Å². The van der Waals surface area contributed by atoms with E-state index in [4.69, 9.17) is 5.73 Å². The number of sulfonamides is 1. The van der Waals surface area contributed by atoms with Gasteiger partial charge < -0.3 is 5.73 Å². The molecule has 4 nitrogen and oxygen atoms in total. The van der Waals surface area contributed by atoms with E-state index in [1.165, 1.54) is 0 Å². The molecule has 96 valence electrons. The molecule has 0 bridgehead atoms. The minimum Gasteiger partial charge on any atom is -0.399 e. The molecule has 0 saturated heterocycles. The number of nitrogens with one attached hydrogen (secondary N) is 1. The Morgan fingerprint density at radius 1 is 1.24 bits per heavy atom. The van der Waals surface area contributed by atoms with Crippen LogP contribution < -0.4 is 10.5 Å². The van der Waals surface area contributed by atoms with E-state index < -0.39 is 10.0 Å². The number of hydrogen-bond donors (Lipinski definition) is 2. The molecule has 6 heteroatoms. The van der Waals surface area contributed by atoms with Gasteiger partial charge in [-0.05, 0) is 37.0 Å². The fourth-order valence-electron chi connectivity index (χ4n) is 1.52. The maximum Gasteiger partial charge on any atom is 0.214 e. The topological polar surface area (TPSA) is 72.2 Å². The fourth-order valence-corrected chi connectivity index (χ4v) is 2.90. The van der Waals surface area contributed by atoms with Crippen molar-refractivity contribution in [2.24, 2.45) is 0 Å². The second kappa shape index (κ2) is 5.71. The van der Waals surface area contributed by atoms with Crippen LogP contribution in [-0.4, -0.2) is 20.2 Å². The molecule has 0 spiro atoms. The molecule has 0 atom stereocenters. The third kappa shape index (κ3) is 4.18. The van der Waals surface area contributed by atoms with Crippen LogP contribution in [0.2, 0.25) is 0 Å². The Morgan fingerprint density at radius 2 is 1.82 bits per heavy atom. The van der Waals surface area contributed by atoms with Crippen LogP contribution in [0.1, 0.15) is 18.4 Å². The van der Waals surface area contributed by atoms with E-state index in [9.17, 15) is 8.42 Å². The highest BCUT2D eigenvalue weighted by Crippen LogP contribution is 2.27. The van der Waals surface area contributed by atoms with Crippen LogP contribution in [-0.2, 0) is 16.4 Å². The highest BCUT2D eigenvalue weighted by atomic mass is 35.5. The minimum atomic E-state index is -3.04. The standard InChI is InChI=1S/C11H16N2O2S.ClH/c12-10-3-1-9(2-4-10)7-8-13-16(14,15)11-5-6-11;/h1-4,11,13H,5-8,12H2;1H. The van der Waals surface area contributed by atoms with E-state index in [-0.39, 0.29) is 17.7 Å². The van der Waals surface area contributed by atoms with Crippen LogP contribution in [0.3, 0.4) is 0 Å². The first-order valence-corrected chi connectivity index (χ1v) is 6.95. The number of rotatable bonds is 5. The van der Waals surface area contributed by atoms with Crippen LogP contribution >= 0.6 is 12.4 Å². The Hall–Kier alpha value is -0.780. The molecule has 1 fully saturated rings. The molecule has 1 saturated carbocycles. The van der Waals surface area contributed by atoms with Gasteiger partial charge in [0.25, 0.3) is 0 Å². The summed E-state index contributed by atoms with van der Waals surface area (Å²) in [7, 11) is -3.04. The summed E-state index contributed by atoms with van der Waals surface area (Å²) in [6, 6.07) is 7.48. The van der Waals surface area contributed by atoms with Gasteiger partial charge in [-0.2, -0.15) is 0 Å². The van der Waals surface area contributed by atoms with Gasteiger partial charge in [0.15, 0.2) is 0 Å². The molecule has 1 aromatic rings. The van der Waals surface area contributed by atoms with Gasteiger partial charge in [0.2, 0.25) is 10.0 Å². The number of nitrogen functional groups attached to an aromatic ring is 1. The van der Waals surface area contributed by atoms with Gasteiger partial charge in [-0.3, -0.25) is 0 Å². The van der Waals surface area contributed by atoms with Crippen molar-refractivity contribution in [3.05, 3.63) is 29.8 Å². The predicted octanol–water partition coefficient (Wildman–Crippen LogP) is 1.31. The highest BCUT2D eigenvalue weighted by molar-refractivity contribution is 7.90. The quantitative estimate of drug-likeness (QED) is 0.797. The first-order chi connectivity index (χ1) is 7.58. The molecule has 2 rings (SSSR count). The molecule has 0 radical (unpaired) electrons. The molecular formula is C11H17ClN2O2S. The largest absolute Gasteiger partial charge is 0.399 e. The number of anilines is 1. The summed E-state index contributed by atoms with van der Waals surface area (Å²) in [5, 5.41) is -0.140. The molecule has 0 aromatic heterocycles. The van der Waals surface area contributed by atoms with Gasteiger partial charge in [0.1, 0.15) is 0 Å². The van der Waals surface area contributed by atoms with Crippen molar-refractivity contribution in [1.29, 1.82) is 0 Å². The molecule has 0 amide bonds. The summed E-state index contributed by atoms with van der Waals surface area (Å²) in [5.74, 6) is 0. The molecule has 0 aliphatic heterocycles. The zero-order chi connectivity index (χ0) is 11.6. The maximum atomic E-state index is 11.5. The minimum absolute atomic E-state index is 0. The van der Waals surface area contributed by atoms with Crippen molar-refractivity contribution in [3.63, 3.8) is 0 Å². The lowest BCUT2D eigenvalue weighted by Crippen LogP contribution is -2.29. The van der Waals surface area contributed by atoms with E-state index in [0.29, 0.717) is 13.0 Å². The molecule has 1 aromatic carbocycles. The normalized spacial score (nSPS) is 15.3. The first-order valence-electron chi connectivity index (χ1n) is 5.41. The summed E-state index contributed by atoms with van der Waals surface area (Å²) in [6.07, 6.45) is 2.31. The van der Waals surface area contributed by atoms with Crippen molar-refractivity contribution < 1.29 is 8.42 Å². The number of halogens is 1. The Kier molecular flexibility index (Phi) is 4.80. The van der Waals surface area contributed by atoms with Crippen LogP contribution in [0.5, 0.6) is 0 Å². The second-order valence-electron chi connectivity index (χ2n) is 4.13. The summed E-state index contributed by atoms with van der Waals surface area (Å²) >= 11 is 0. The number of nitrogens with two attached hydrogens (primary N) is 1. The van der Waals surface area contributed by atoms with Gasteiger partial charge in [0, 0.05) is 12.2 Å². The monoisotopic (exact) mass is 276 g/mol. The van der Waals surface area contributed by atoms with E-state index in [0.717, 1.165) is 24.1 Å². The van der Waals surface area contributed by atoms with Crippen LogP contribution in [0, 0.1) is 0 Å². The average molecular weight is 277 g/mol. The Balaban J connectivity index is 0.00000144. The van der Waals surface area contributed by atoms with Crippen molar-refractivity contribution >= 4 is 28.1 Å². The molecule has 0 heterocycles. The lowest BCUT2D eigenvalue weighted by Gasteiger charge is -2.05. The van der Waals surface area contributed by atoms with Gasteiger partial charge in [-0.1, -0.05) is 12.1 Å². The molecule has 3 N–H and O–H groups in total. The lowest BCUT2D eigenvalue weighted by molar-refractivity contribution is 0.580. The zero-order valence-electron chi connectivity index (χ0n) is 9.43. The SMILES string of the molecule is Cl.Nc1ccc(CCNS(=O)(=O)C2CC2)cc1. The molecule has 17 heavy (non-hydrogen) atoms. The van der Waals surface area contributed by atoms with Crippen molar-refractivity contribution in [2.75, 3.05) is 12.3 Å². The van der Waals surface area contributed by atoms with Crippen LogP contribution in [0.15, 0.2) is 24.3 Å². The van der Waals surface area contributed by atoms with Crippen molar-refractivity contribution in [3.8, 4) is 0 Å². The van der Waals surface area contributed by atoms with E-state index in [1.807, 2.05) is 24.3 Å². The average Bonchev–Trinajstić information content (AvgIpc) is 3.04. The molecule has 1 aliphatic rings. The summed E-state index contributed by atoms with van der Waals surface area (Å²) in [5.41, 5.74) is 7.38. The lowest BCUT2D eigenvalue weighted by atomic mass is 10.1. The fraction of sp³-hybridized carbons (Fsp3) is 0.455. The third-order valence-electron chi connectivity index (χ3n) is 2.66. The Morgan fingerprint density at radius 3 is 2.35 bits per heavy atom. The number of hydrogen-bond acceptors (Lipinski definition) is 3. The van der Waals surface area contributed by atoms with E-state index >= 15 is 0 Å². The van der Waals surface area contributed by atoms with Gasteiger partial charge >= 0.3 is 0 Å². The first kappa shape index (κ1) is 14.3. The predicted molar refractivity (Wildman–Crippen MR) is 71.8 cm³/mol. The summed E-state index contributed by atoms with van der Waals surface area (Å²) < 4.78 is 25.6. The Bertz CT molecular complexity index is 455. The molecule has 0 unspecified atom stereocenters.